The first kappa shape index (κ1) is 27.9. The first-order valence-electron chi connectivity index (χ1n) is 12.9. The summed E-state index contributed by atoms with van der Waals surface area (Å²) in [6.07, 6.45) is 3.69. The summed E-state index contributed by atoms with van der Waals surface area (Å²) in [4.78, 5) is 41.4. The van der Waals surface area contributed by atoms with Crippen LogP contribution in [0.25, 0.3) is 0 Å². The van der Waals surface area contributed by atoms with Gasteiger partial charge in [0.25, 0.3) is 0 Å². The Balaban J connectivity index is 2.01. The summed E-state index contributed by atoms with van der Waals surface area (Å²) in [5, 5.41) is 22.5. The molecule has 9 nitrogen and oxygen atoms in total. The van der Waals surface area contributed by atoms with Crippen molar-refractivity contribution in [1.29, 1.82) is 0 Å². The minimum absolute atomic E-state index is 0.0162. The number of ketones is 1. The van der Waals surface area contributed by atoms with Crippen LogP contribution in [0.1, 0.15) is 40.0 Å². The zero-order valence-corrected chi connectivity index (χ0v) is 22.5. The second-order valence-corrected chi connectivity index (χ2v) is 11.0. The molecule has 0 amide bonds. The molecule has 2 N–H and O–H groups in total. The van der Waals surface area contributed by atoms with E-state index in [-0.39, 0.29) is 23.7 Å². The van der Waals surface area contributed by atoms with Crippen LogP contribution in [0.2, 0.25) is 0 Å². The van der Waals surface area contributed by atoms with Gasteiger partial charge in [0.2, 0.25) is 5.78 Å². The Morgan fingerprint density at radius 3 is 2.45 bits per heavy atom. The zero-order chi connectivity index (χ0) is 28.0. The monoisotopic (exact) mass is 527 g/mol. The van der Waals surface area contributed by atoms with Crippen LogP contribution in [0.4, 0.5) is 0 Å². The molecule has 3 aliphatic carbocycles. The molecular formula is C29H37NO8. The van der Waals surface area contributed by atoms with Crippen LogP contribution in [0.15, 0.2) is 59.6 Å². The van der Waals surface area contributed by atoms with E-state index in [0.717, 1.165) is 0 Å². The lowest BCUT2D eigenvalue weighted by Gasteiger charge is -2.54. The topological polar surface area (TPSA) is 123 Å². The van der Waals surface area contributed by atoms with Crippen molar-refractivity contribution in [2.45, 2.75) is 58.3 Å². The number of nitrogens with zero attached hydrogens (tertiary/aromatic N) is 1. The van der Waals surface area contributed by atoms with Crippen molar-refractivity contribution in [3.63, 3.8) is 0 Å². The molecule has 1 aliphatic heterocycles. The van der Waals surface area contributed by atoms with Crippen molar-refractivity contribution in [2.24, 2.45) is 16.7 Å². The summed E-state index contributed by atoms with van der Waals surface area (Å²) >= 11 is 0. The van der Waals surface area contributed by atoms with E-state index in [1.807, 2.05) is 6.92 Å². The molecule has 0 spiro atoms. The fourth-order valence-electron chi connectivity index (χ4n) is 6.97. The molecule has 4 aliphatic rings. The highest BCUT2D eigenvalue weighted by atomic mass is 16.6. The van der Waals surface area contributed by atoms with E-state index in [1.165, 1.54) is 14.0 Å². The van der Waals surface area contributed by atoms with Gasteiger partial charge in [-0.1, -0.05) is 19.1 Å². The smallest absolute Gasteiger partial charge is 0.340 e. The summed E-state index contributed by atoms with van der Waals surface area (Å²) in [5.74, 6) is -2.77. The molecule has 4 rings (SSSR count). The van der Waals surface area contributed by atoms with Crippen molar-refractivity contribution in [3.8, 4) is 0 Å². The van der Waals surface area contributed by atoms with Crippen LogP contribution in [-0.2, 0) is 28.6 Å². The number of hydrogen-bond donors (Lipinski definition) is 2. The van der Waals surface area contributed by atoms with Gasteiger partial charge >= 0.3 is 11.9 Å². The number of aliphatic hydroxyl groups is 2. The van der Waals surface area contributed by atoms with E-state index in [9.17, 15) is 24.6 Å². The molecule has 206 valence electrons. The van der Waals surface area contributed by atoms with Crippen LogP contribution >= 0.6 is 0 Å². The fourth-order valence-corrected chi connectivity index (χ4v) is 6.97. The predicted molar refractivity (Wildman–Crippen MR) is 139 cm³/mol. The Labute approximate surface area is 223 Å². The van der Waals surface area contributed by atoms with Gasteiger partial charge in [0.05, 0.1) is 23.7 Å². The third-order valence-electron chi connectivity index (χ3n) is 8.69. The van der Waals surface area contributed by atoms with Gasteiger partial charge in [0.15, 0.2) is 5.76 Å². The van der Waals surface area contributed by atoms with Crippen LogP contribution < -0.4 is 0 Å². The Morgan fingerprint density at radius 1 is 1.21 bits per heavy atom. The van der Waals surface area contributed by atoms with Crippen molar-refractivity contribution >= 4 is 17.7 Å². The number of aliphatic hydroxyl groups excluding tert-OH is 2. The number of esters is 2. The van der Waals surface area contributed by atoms with Crippen molar-refractivity contribution < 1.29 is 38.8 Å². The highest BCUT2D eigenvalue weighted by Gasteiger charge is 2.64. The van der Waals surface area contributed by atoms with Gasteiger partial charge in [0.1, 0.15) is 12.2 Å². The van der Waals surface area contributed by atoms with E-state index in [1.54, 1.807) is 30.2 Å². The van der Waals surface area contributed by atoms with Gasteiger partial charge in [-0.3, -0.25) is 9.59 Å². The molecule has 0 radical (unpaired) electrons. The number of carbonyl (C=O) groups is 3. The molecule has 1 saturated carbocycles. The number of fused-ring (bicyclic) bond motifs is 4. The Kier molecular flexibility index (Phi) is 7.47. The van der Waals surface area contributed by atoms with Crippen LogP contribution in [0.3, 0.4) is 0 Å². The van der Waals surface area contributed by atoms with Crippen LogP contribution in [-0.4, -0.2) is 78.0 Å². The van der Waals surface area contributed by atoms with E-state index in [0.29, 0.717) is 43.5 Å². The molecule has 1 saturated heterocycles. The summed E-state index contributed by atoms with van der Waals surface area (Å²) < 4.78 is 17.2. The third kappa shape index (κ3) is 4.12. The molecular weight excluding hydrogens is 490 g/mol. The molecule has 0 bridgehead atoms. The summed E-state index contributed by atoms with van der Waals surface area (Å²) in [7, 11) is 1.47. The largest absolute Gasteiger partial charge is 0.504 e. The van der Waals surface area contributed by atoms with Gasteiger partial charge < -0.3 is 29.3 Å². The second-order valence-electron chi connectivity index (χ2n) is 11.0. The van der Waals surface area contributed by atoms with E-state index in [4.69, 9.17) is 14.2 Å². The Hall–Kier alpha value is -3.17. The number of carbonyl (C=O) groups excluding carboxylic acids is 3. The molecule has 38 heavy (non-hydrogen) atoms. The van der Waals surface area contributed by atoms with Gasteiger partial charge in [-0.15, -0.1) is 13.2 Å². The highest BCUT2D eigenvalue weighted by Crippen LogP contribution is 2.63. The van der Waals surface area contributed by atoms with E-state index in [2.05, 4.69) is 13.2 Å². The lowest BCUT2D eigenvalue weighted by Crippen LogP contribution is -2.57. The molecule has 6 unspecified atom stereocenters. The lowest BCUT2D eigenvalue weighted by atomic mass is 9.53. The lowest BCUT2D eigenvalue weighted by molar-refractivity contribution is -0.161. The first-order chi connectivity index (χ1) is 17.9. The van der Waals surface area contributed by atoms with Gasteiger partial charge in [0, 0.05) is 49.9 Å². The molecule has 9 heteroatoms. The first-order valence-corrected chi connectivity index (χ1v) is 12.9. The second kappa shape index (κ2) is 10.2. The molecule has 0 aromatic carbocycles. The van der Waals surface area contributed by atoms with Crippen molar-refractivity contribution in [1.82, 2.24) is 4.90 Å². The van der Waals surface area contributed by atoms with Crippen LogP contribution in [0, 0.1) is 16.7 Å². The number of hydrogen-bond acceptors (Lipinski definition) is 9. The Bertz CT molecular complexity index is 1160. The van der Waals surface area contributed by atoms with Gasteiger partial charge in [-0.2, -0.15) is 0 Å². The molecule has 0 aromatic heterocycles. The Morgan fingerprint density at radius 2 is 1.87 bits per heavy atom. The molecule has 1 heterocycles. The minimum Gasteiger partial charge on any atom is -0.504 e. The summed E-state index contributed by atoms with van der Waals surface area (Å²) in [5.41, 5.74) is -0.987. The standard InChI is InChI=1S/C29H37NO8/c1-7-11-30(12-8-2)14-17-23-26(34)25(33)22-18-9-10-20(32)28(18,4)13-19(37-16(3)31)24(22)29(23,5)21(15-36-6)38-27(17)35/h7-8,14,18-21,32,34H,1-2,9-13,15H2,3-6H3. The SMILES string of the molecule is C=CCN(C=C1C(=O)OC(COC)C2(C)C1=C(O)C(=O)C1=C2C(OC(C)=O)CC2(C)C(O)CCC12)CC=C. The van der Waals surface area contributed by atoms with Crippen molar-refractivity contribution in [3.05, 3.63) is 59.6 Å². The summed E-state index contributed by atoms with van der Waals surface area (Å²) in [6, 6.07) is 0. The number of cyclic esters (lactones) is 1. The minimum atomic E-state index is -1.24. The normalized spacial score (nSPS) is 35.3. The van der Waals surface area contributed by atoms with E-state index >= 15 is 0 Å². The summed E-state index contributed by atoms with van der Waals surface area (Å²) in [6.45, 7) is 13.2. The number of Topliss-reactive ketones (excluding diaryl/α,β-unsaturated/α-hetero) is 1. The number of ether oxygens (including phenoxy) is 3. The number of methoxy groups -OCH3 is 1. The van der Waals surface area contributed by atoms with Gasteiger partial charge in [-0.05, 0) is 37.7 Å². The quantitative estimate of drug-likeness (QED) is 0.279. The van der Waals surface area contributed by atoms with Crippen molar-refractivity contribution in [2.75, 3.05) is 26.8 Å². The van der Waals surface area contributed by atoms with Crippen LogP contribution in [0.5, 0.6) is 0 Å². The average molecular weight is 528 g/mol. The van der Waals surface area contributed by atoms with Gasteiger partial charge in [-0.25, -0.2) is 4.79 Å². The number of rotatable bonds is 8. The maximum atomic E-state index is 14.0. The molecule has 6 atom stereocenters. The molecule has 0 aromatic rings. The predicted octanol–water partition coefficient (Wildman–Crippen LogP) is 2.93. The third-order valence-corrected chi connectivity index (χ3v) is 8.69. The number of allylic oxidation sites excluding steroid dienone is 1. The maximum Gasteiger partial charge on any atom is 0.340 e. The fraction of sp³-hybridized carbons (Fsp3) is 0.552. The zero-order valence-electron chi connectivity index (χ0n) is 22.5. The highest BCUT2D eigenvalue weighted by molar-refractivity contribution is 6.13. The average Bonchev–Trinajstić information content (AvgIpc) is 3.13. The molecule has 2 fully saturated rings. The van der Waals surface area contributed by atoms with E-state index < -0.39 is 52.6 Å². The maximum absolute atomic E-state index is 14.0.